The number of hydrogen-bond acceptors (Lipinski definition) is 3. The number of nitrogens with one attached hydrogen (secondary N) is 1. The summed E-state index contributed by atoms with van der Waals surface area (Å²) in [5.41, 5.74) is 1.32. The van der Waals surface area contributed by atoms with E-state index in [-0.39, 0.29) is 12.6 Å². The van der Waals surface area contributed by atoms with Crippen LogP contribution in [-0.2, 0) is 4.79 Å². The maximum absolute atomic E-state index is 10.6. The van der Waals surface area contributed by atoms with Gasteiger partial charge in [-0.25, -0.2) is 0 Å². The van der Waals surface area contributed by atoms with Gasteiger partial charge in [-0.3, -0.25) is 9.69 Å². The Kier molecular flexibility index (Phi) is 4.93. The number of benzene rings is 1. The van der Waals surface area contributed by atoms with Crippen LogP contribution in [0, 0.1) is 0 Å². The van der Waals surface area contributed by atoms with Crippen molar-refractivity contribution < 1.29 is 9.90 Å². The van der Waals surface area contributed by atoms with Crippen LogP contribution in [-0.4, -0.2) is 41.7 Å². The molecular weight excluding hydrogens is 240 g/mol. The van der Waals surface area contributed by atoms with E-state index in [4.69, 9.17) is 5.11 Å². The zero-order valence-corrected chi connectivity index (χ0v) is 11.4. The van der Waals surface area contributed by atoms with Gasteiger partial charge in [0.2, 0.25) is 0 Å². The number of carbonyl (C=O) groups is 1. The van der Waals surface area contributed by atoms with Crippen molar-refractivity contribution in [1.29, 1.82) is 0 Å². The molecule has 1 aliphatic heterocycles. The lowest BCUT2D eigenvalue weighted by atomic mass is 10.0. The van der Waals surface area contributed by atoms with Crippen molar-refractivity contribution in [2.24, 2.45) is 0 Å². The third-order valence-corrected chi connectivity index (χ3v) is 3.82. The summed E-state index contributed by atoms with van der Waals surface area (Å²) in [7, 11) is 0. The van der Waals surface area contributed by atoms with Crippen LogP contribution >= 0.6 is 0 Å². The van der Waals surface area contributed by atoms with Crippen molar-refractivity contribution in [3.05, 3.63) is 35.9 Å². The van der Waals surface area contributed by atoms with Crippen molar-refractivity contribution in [2.45, 2.75) is 31.8 Å². The van der Waals surface area contributed by atoms with Gasteiger partial charge in [0.25, 0.3) is 0 Å². The van der Waals surface area contributed by atoms with E-state index in [1.165, 1.54) is 5.56 Å². The Balaban J connectivity index is 1.91. The quantitative estimate of drug-likeness (QED) is 0.851. The van der Waals surface area contributed by atoms with E-state index in [9.17, 15) is 4.79 Å². The topological polar surface area (TPSA) is 52.6 Å². The number of nitrogens with zero attached hydrogens (tertiary/aromatic N) is 1. The van der Waals surface area contributed by atoms with Crippen molar-refractivity contribution >= 4 is 5.97 Å². The van der Waals surface area contributed by atoms with Gasteiger partial charge in [-0.05, 0) is 31.9 Å². The van der Waals surface area contributed by atoms with Gasteiger partial charge in [-0.15, -0.1) is 0 Å². The van der Waals surface area contributed by atoms with Crippen LogP contribution in [0.4, 0.5) is 0 Å². The number of rotatable bonds is 5. The van der Waals surface area contributed by atoms with E-state index in [2.05, 4.69) is 41.4 Å². The average molecular weight is 262 g/mol. The molecule has 0 saturated carbocycles. The number of likely N-dealkylation sites (tertiary alicyclic amines) is 1. The van der Waals surface area contributed by atoms with Gasteiger partial charge in [0, 0.05) is 18.6 Å². The zero-order valence-electron chi connectivity index (χ0n) is 11.4. The van der Waals surface area contributed by atoms with Crippen LogP contribution in [0.15, 0.2) is 30.3 Å². The predicted octanol–water partition coefficient (Wildman–Crippen LogP) is 1.89. The summed E-state index contributed by atoms with van der Waals surface area (Å²) in [6.07, 6.45) is 2.18. The van der Waals surface area contributed by atoms with Crippen LogP contribution in [0.3, 0.4) is 0 Å². The smallest absolute Gasteiger partial charge is 0.317 e. The van der Waals surface area contributed by atoms with Gasteiger partial charge in [0.15, 0.2) is 0 Å². The largest absolute Gasteiger partial charge is 0.480 e. The zero-order chi connectivity index (χ0) is 13.7. The highest BCUT2D eigenvalue weighted by Gasteiger charge is 2.24. The number of hydrogen-bond donors (Lipinski definition) is 2. The van der Waals surface area contributed by atoms with Crippen molar-refractivity contribution in [2.75, 3.05) is 19.6 Å². The summed E-state index contributed by atoms with van der Waals surface area (Å²) < 4.78 is 0. The van der Waals surface area contributed by atoms with Crippen LogP contribution in [0.5, 0.6) is 0 Å². The number of aliphatic carboxylic acids is 1. The van der Waals surface area contributed by atoms with Gasteiger partial charge >= 0.3 is 5.97 Å². The molecule has 4 heteroatoms. The van der Waals surface area contributed by atoms with E-state index < -0.39 is 5.97 Å². The lowest BCUT2D eigenvalue weighted by molar-refractivity contribution is -0.136. The maximum atomic E-state index is 10.6. The van der Waals surface area contributed by atoms with Crippen molar-refractivity contribution in [3.63, 3.8) is 0 Å². The molecule has 4 nitrogen and oxygen atoms in total. The monoisotopic (exact) mass is 262 g/mol. The standard InChI is InChI=1S/C15H22N2O2/c1-12(13-6-3-2-4-7-13)17-9-5-8-14(11-17)16-10-15(18)19/h2-4,6-7,12,14,16H,5,8-11H2,1H3,(H,18,19). The summed E-state index contributed by atoms with van der Waals surface area (Å²) in [5, 5.41) is 11.8. The van der Waals surface area contributed by atoms with E-state index in [1.807, 2.05) is 6.07 Å². The summed E-state index contributed by atoms with van der Waals surface area (Å²) in [6.45, 7) is 4.28. The average Bonchev–Trinajstić information content (AvgIpc) is 2.45. The molecular formula is C15H22N2O2. The molecule has 0 amide bonds. The first kappa shape index (κ1) is 14.0. The number of carboxylic acid groups (broad SMARTS) is 1. The van der Waals surface area contributed by atoms with E-state index >= 15 is 0 Å². The second kappa shape index (κ2) is 6.68. The minimum Gasteiger partial charge on any atom is -0.480 e. The van der Waals surface area contributed by atoms with E-state index in [0.717, 1.165) is 25.9 Å². The first-order chi connectivity index (χ1) is 9.16. The first-order valence-corrected chi connectivity index (χ1v) is 6.91. The van der Waals surface area contributed by atoms with Gasteiger partial charge in [-0.2, -0.15) is 0 Å². The van der Waals surface area contributed by atoms with Crippen LogP contribution in [0.2, 0.25) is 0 Å². The summed E-state index contributed by atoms with van der Waals surface area (Å²) >= 11 is 0. The first-order valence-electron chi connectivity index (χ1n) is 6.91. The molecule has 2 N–H and O–H groups in total. The molecule has 104 valence electrons. The molecule has 1 aliphatic rings. The molecule has 1 heterocycles. The highest BCUT2D eigenvalue weighted by Crippen LogP contribution is 2.23. The van der Waals surface area contributed by atoms with Gasteiger partial charge in [0.05, 0.1) is 6.54 Å². The van der Waals surface area contributed by atoms with Crippen LogP contribution in [0.1, 0.15) is 31.4 Å². The highest BCUT2D eigenvalue weighted by atomic mass is 16.4. The SMILES string of the molecule is CC(c1ccccc1)N1CCCC(NCC(=O)O)C1. The second-order valence-corrected chi connectivity index (χ2v) is 5.20. The van der Waals surface area contributed by atoms with Crippen molar-refractivity contribution in [1.82, 2.24) is 10.2 Å². The Bertz CT molecular complexity index is 408. The molecule has 19 heavy (non-hydrogen) atoms. The Morgan fingerprint density at radius 3 is 2.89 bits per heavy atom. The summed E-state index contributed by atoms with van der Waals surface area (Å²) in [6, 6.07) is 11.1. The fraction of sp³-hybridized carbons (Fsp3) is 0.533. The second-order valence-electron chi connectivity index (χ2n) is 5.20. The molecule has 0 aromatic heterocycles. The summed E-state index contributed by atoms with van der Waals surface area (Å²) in [5.74, 6) is -0.784. The third kappa shape index (κ3) is 4.04. The highest BCUT2D eigenvalue weighted by molar-refractivity contribution is 5.69. The molecule has 0 radical (unpaired) electrons. The molecule has 0 aliphatic carbocycles. The normalized spacial score (nSPS) is 22.1. The van der Waals surface area contributed by atoms with Crippen LogP contribution < -0.4 is 5.32 Å². The lowest BCUT2D eigenvalue weighted by Crippen LogP contribution is -2.47. The molecule has 2 unspecified atom stereocenters. The maximum Gasteiger partial charge on any atom is 0.317 e. The van der Waals surface area contributed by atoms with E-state index in [1.54, 1.807) is 0 Å². The van der Waals surface area contributed by atoms with Crippen LogP contribution in [0.25, 0.3) is 0 Å². The predicted molar refractivity (Wildman–Crippen MR) is 75.1 cm³/mol. The Morgan fingerprint density at radius 2 is 2.21 bits per heavy atom. The molecule has 0 spiro atoms. The molecule has 1 fully saturated rings. The summed E-state index contributed by atoms with van der Waals surface area (Å²) in [4.78, 5) is 13.0. The fourth-order valence-corrected chi connectivity index (χ4v) is 2.70. The molecule has 1 saturated heterocycles. The molecule has 0 bridgehead atoms. The Hall–Kier alpha value is -1.39. The van der Waals surface area contributed by atoms with Gasteiger partial charge in [-0.1, -0.05) is 30.3 Å². The Morgan fingerprint density at radius 1 is 1.47 bits per heavy atom. The molecule has 2 atom stereocenters. The van der Waals surface area contributed by atoms with Gasteiger partial charge in [0.1, 0.15) is 0 Å². The molecule has 1 aromatic rings. The van der Waals surface area contributed by atoms with Gasteiger partial charge < -0.3 is 10.4 Å². The number of piperidine rings is 1. The minimum absolute atomic E-state index is 0.0538. The minimum atomic E-state index is -0.784. The molecule has 2 rings (SSSR count). The third-order valence-electron chi connectivity index (χ3n) is 3.82. The number of carboxylic acids is 1. The Labute approximate surface area is 114 Å². The lowest BCUT2D eigenvalue weighted by Gasteiger charge is -2.37. The molecule has 1 aromatic carbocycles. The van der Waals surface area contributed by atoms with E-state index in [0.29, 0.717) is 6.04 Å². The van der Waals surface area contributed by atoms with Crippen molar-refractivity contribution in [3.8, 4) is 0 Å². The fourth-order valence-electron chi connectivity index (χ4n) is 2.70.